The number of esters is 1. The van der Waals surface area contributed by atoms with Crippen LogP contribution in [0.25, 0.3) is 11.0 Å². The maximum absolute atomic E-state index is 12.6. The van der Waals surface area contributed by atoms with E-state index in [0.717, 1.165) is 42.5 Å². The number of aromatic amines is 1. The van der Waals surface area contributed by atoms with E-state index in [1.807, 2.05) is 44.4 Å². The van der Waals surface area contributed by atoms with Gasteiger partial charge in [0, 0.05) is 31.1 Å². The Morgan fingerprint density at radius 2 is 1.83 bits per heavy atom. The Bertz CT molecular complexity index is 1000. The van der Waals surface area contributed by atoms with E-state index in [1.54, 1.807) is 0 Å². The molecule has 30 heavy (non-hydrogen) atoms. The zero-order chi connectivity index (χ0) is 22.3. The van der Waals surface area contributed by atoms with Gasteiger partial charge >= 0.3 is 11.7 Å². The quantitative estimate of drug-likeness (QED) is 0.575. The third kappa shape index (κ3) is 4.83. The molecular formula is C23H34N4O3. The number of likely N-dealkylation sites (tertiary alicyclic amines) is 1. The van der Waals surface area contributed by atoms with Gasteiger partial charge in [-0.15, -0.1) is 0 Å². The van der Waals surface area contributed by atoms with Crippen LogP contribution in [0.4, 0.5) is 0 Å². The van der Waals surface area contributed by atoms with Gasteiger partial charge in [0.2, 0.25) is 0 Å². The van der Waals surface area contributed by atoms with Crippen LogP contribution in [0.3, 0.4) is 0 Å². The van der Waals surface area contributed by atoms with Crippen molar-refractivity contribution >= 4 is 22.7 Å². The van der Waals surface area contributed by atoms with E-state index in [1.165, 1.54) is 0 Å². The van der Waals surface area contributed by atoms with E-state index in [9.17, 15) is 9.59 Å². The Kier molecular flexibility index (Phi) is 5.96. The first-order chi connectivity index (χ1) is 13.9. The van der Waals surface area contributed by atoms with Gasteiger partial charge in [0.1, 0.15) is 11.3 Å². The number of carbonyl (C=O) groups is 1. The van der Waals surface area contributed by atoms with Crippen LogP contribution in [0.5, 0.6) is 0 Å². The number of nitrogens with one attached hydrogen (secondary N) is 2. The second-order valence-corrected chi connectivity index (χ2v) is 10.0. The highest BCUT2D eigenvalue weighted by molar-refractivity contribution is 6.35. The van der Waals surface area contributed by atoms with E-state index in [0.29, 0.717) is 6.42 Å². The number of aryl methyl sites for hydroxylation is 1. The molecule has 1 saturated heterocycles. The number of fused-ring (bicyclic) bond motifs is 1. The molecule has 0 radical (unpaired) electrons. The van der Waals surface area contributed by atoms with Gasteiger partial charge in [0.25, 0.3) is 0 Å². The van der Waals surface area contributed by atoms with Gasteiger partial charge in [-0.2, -0.15) is 0 Å². The standard InChI is InChI=1S/C23H34N4O3/c1-15-7-8-18-19(13-15)27(21(29)25-18)16-9-11-26(12-10-16)23(5,6)14-17(24)20(28)30-22(2,3)4/h7-8,13,16,24H,9-12,14H2,1-6H3,(H,25,29). The Morgan fingerprint density at radius 3 is 2.43 bits per heavy atom. The summed E-state index contributed by atoms with van der Waals surface area (Å²) in [5, 5.41) is 8.19. The first-order valence-electron chi connectivity index (χ1n) is 10.6. The monoisotopic (exact) mass is 414 g/mol. The van der Waals surface area contributed by atoms with Gasteiger partial charge in [-0.1, -0.05) is 6.07 Å². The molecule has 7 heteroatoms. The van der Waals surface area contributed by atoms with Crippen LogP contribution in [0.15, 0.2) is 23.0 Å². The Balaban J connectivity index is 1.67. The predicted molar refractivity (Wildman–Crippen MR) is 119 cm³/mol. The molecule has 1 aromatic heterocycles. The molecule has 3 rings (SSSR count). The van der Waals surface area contributed by atoms with Crippen LogP contribution in [-0.2, 0) is 9.53 Å². The number of nitrogens with zero attached hydrogens (tertiary/aromatic N) is 2. The highest BCUT2D eigenvalue weighted by Gasteiger charge is 2.35. The lowest BCUT2D eigenvalue weighted by atomic mass is 9.91. The molecule has 1 aliphatic heterocycles. The van der Waals surface area contributed by atoms with Crippen molar-refractivity contribution in [2.75, 3.05) is 13.1 Å². The van der Waals surface area contributed by atoms with Crippen molar-refractivity contribution in [1.29, 1.82) is 5.41 Å². The topological polar surface area (TPSA) is 91.2 Å². The van der Waals surface area contributed by atoms with E-state index >= 15 is 0 Å². The molecule has 7 nitrogen and oxygen atoms in total. The van der Waals surface area contributed by atoms with Crippen molar-refractivity contribution < 1.29 is 9.53 Å². The molecule has 0 aliphatic carbocycles. The number of aromatic nitrogens is 2. The highest BCUT2D eigenvalue weighted by Crippen LogP contribution is 2.30. The summed E-state index contributed by atoms with van der Waals surface area (Å²) in [5.41, 5.74) is 1.98. The van der Waals surface area contributed by atoms with E-state index in [-0.39, 0.29) is 23.0 Å². The number of carbonyl (C=O) groups excluding carboxylic acids is 1. The molecule has 1 aromatic carbocycles. The molecule has 1 fully saturated rings. The third-order valence-corrected chi connectivity index (χ3v) is 5.81. The van der Waals surface area contributed by atoms with Crippen LogP contribution < -0.4 is 5.69 Å². The SMILES string of the molecule is Cc1ccc2[nH]c(=O)n(C3CCN(C(C)(C)CC(=N)C(=O)OC(C)(C)C)CC3)c2c1. The maximum Gasteiger partial charge on any atom is 0.352 e. The average Bonchev–Trinajstić information content (AvgIpc) is 2.95. The number of benzene rings is 1. The fourth-order valence-electron chi connectivity index (χ4n) is 4.28. The number of H-pyrrole nitrogens is 1. The summed E-state index contributed by atoms with van der Waals surface area (Å²) < 4.78 is 7.24. The van der Waals surface area contributed by atoms with Crippen molar-refractivity contribution in [3.05, 3.63) is 34.2 Å². The lowest BCUT2D eigenvalue weighted by Crippen LogP contribution is -2.50. The van der Waals surface area contributed by atoms with Crippen molar-refractivity contribution in [2.24, 2.45) is 0 Å². The van der Waals surface area contributed by atoms with Crippen LogP contribution in [0, 0.1) is 12.3 Å². The lowest BCUT2D eigenvalue weighted by Gasteiger charge is -2.43. The normalized spacial score (nSPS) is 16.7. The van der Waals surface area contributed by atoms with Crippen molar-refractivity contribution in [1.82, 2.24) is 14.5 Å². The summed E-state index contributed by atoms with van der Waals surface area (Å²) in [6.45, 7) is 13.2. The molecule has 0 saturated carbocycles. The van der Waals surface area contributed by atoms with Gasteiger partial charge in [-0.05, 0) is 72.1 Å². The minimum absolute atomic E-state index is 0.000344. The summed E-state index contributed by atoms with van der Waals surface area (Å²) in [4.78, 5) is 30.1. The number of imidazole rings is 1. The zero-order valence-electron chi connectivity index (χ0n) is 19.0. The highest BCUT2D eigenvalue weighted by atomic mass is 16.6. The van der Waals surface area contributed by atoms with Crippen LogP contribution in [-0.4, -0.2) is 50.4 Å². The van der Waals surface area contributed by atoms with E-state index in [2.05, 4.69) is 29.8 Å². The van der Waals surface area contributed by atoms with Gasteiger partial charge in [0.05, 0.1) is 11.0 Å². The van der Waals surface area contributed by atoms with Gasteiger partial charge in [-0.25, -0.2) is 9.59 Å². The fourth-order valence-corrected chi connectivity index (χ4v) is 4.28. The smallest absolute Gasteiger partial charge is 0.352 e. The number of hydrogen-bond donors (Lipinski definition) is 2. The first kappa shape index (κ1) is 22.3. The first-order valence-corrected chi connectivity index (χ1v) is 10.6. The zero-order valence-corrected chi connectivity index (χ0v) is 19.0. The van der Waals surface area contributed by atoms with Crippen molar-refractivity contribution in [3.8, 4) is 0 Å². The van der Waals surface area contributed by atoms with Gasteiger partial charge in [-0.3, -0.25) is 14.9 Å². The molecular weight excluding hydrogens is 380 g/mol. The predicted octanol–water partition coefficient (Wildman–Crippen LogP) is 3.81. The summed E-state index contributed by atoms with van der Waals surface area (Å²) >= 11 is 0. The molecule has 164 valence electrons. The van der Waals surface area contributed by atoms with Crippen molar-refractivity contribution in [2.45, 2.75) is 78.0 Å². The maximum atomic E-state index is 12.6. The molecule has 2 N–H and O–H groups in total. The number of ether oxygens (including phenoxy) is 1. The molecule has 0 atom stereocenters. The summed E-state index contributed by atoms with van der Waals surface area (Å²) in [5.74, 6) is -0.550. The molecule has 0 bridgehead atoms. The van der Waals surface area contributed by atoms with Gasteiger partial charge in [0.15, 0.2) is 0 Å². The van der Waals surface area contributed by atoms with Gasteiger partial charge < -0.3 is 9.72 Å². The second kappa shape index (κ2) is 8.02. The Labute approximate surface area is 177 Å². The average molecular weight is 415 g/mol. The second-order valence-electron chi connectivity index (χ2n) is 10.0. The van der Waals surface area contributed by atoms with Crippen LogP contribution >= 0.6 is 0 Å². The van der Waals surface area contributed by atoms with Crippen LogP contribution in [0.2, 0.25) is 0 Å². The minimum Gasteiger partial charge on any atom is -0.456 e. The third-order valence-electron chi connectivity index (χ3n) is 5.81. The van der Waals surface area contributed by atoms with Crippen LogP contribution in [0.1, 0.15) is 65.5 Å². The molecule has 1 aliphatic rings. The number of rotatable bonds is 5. The lowest BCUT2D eigenvalue weighted by molar-refractivity contribution is -0.146. The number of hydrogen-bond acceptors (Lipinski definition) is 5. The summed E-state index contributed by atoms with van der Waals surface area (Å²) in [7, 11) is 0. The fraction of sp³-hybridized carbons (Fsp3) is 0.609. The molecule has 0 amide bonds. The largest absolute Gasteiger partial charge is 0.456 e. The molecule has 2 aromatic rings. The molecule has 0 spiro atoms. The molecule has 0 unspecified atom stereocenters. The van der Waals surface area contributed by atoms with E-state index < -0.39 is 11.6 Å². The Hall–Kier alpha value is -2.41. The van der Waals surface area contributed by atoms with E-state index in [4.69, 9.17) is 10.1 Å². The summed E-state index contributed by atoms with van der Waals surface area (Å²) in [6, 6.07) is 6.17. The molecule has 2 heterocycles. The summed E-state index contributed by atoms with van der Waals surface area (Å²) in [6.07, 6.45) is 2.03. The number of piperidine rings is 1. The Morgan fingerprint density at radius 1 is 1.20 bits per heavy atom. The van der Waals surface area contributed by atoms with Crippen molar-refractivity contribution in [3.63, 3.8) is 0 Å². The minimum atomic E-state index is -0.600.